The summed E-state index contributed by atoms with van der Waals surface area (Å²) in [7, 11) is 0. The molecule has 3 heterocycles. The van der Waals surface area contributed by atoms with E-state index in [-0.39, 0.29) is 0 Å². The number of nitrogens with two attached hydrogens (primary N) is 1. The molecule has 2 aromatic rings. The van der Waals surface area contributed by atoms with Gasteiger partial charge in [0, 0.05) is 43.8 Å². The van der Waals surface area contributed by atoms with Crippen molar-refractivity contribution in [3.8, 4) is 0 Å². The van der Waals surface area contributed by atoms with Crippen LogP contribution >= 0.6 is 0 Å². The van der Waals surface area contributed by atoms with Crippen LogP contribution in [0.4, 0.5) is 5.82 Å². The summed E-state index contributed by atoms with van der Waals surface area (Å²) in [5, 5.41) is 1.14. The molecule has 0 bridgehead atoms. The second-order valence-electron chi connectivity index (χ2n) is 7.37. The van der Waals surface area contributed by atoms with Crippen molar-refractivity contribution in [2.75, 3.05) is 37.6 Å². The molecular weight excluding hydrogens is 300 g/mol. The standard InChI is InChI=1S/C19H28N4O/c20-17-3-1-15(2-4-17)6-9-22-10-12-23(13-11-22)19-18-16(5-8-21-19)7-14-24-18/h5,7-8,14-15,17H,1-4,6,9-13,20H2. The van der Waals surface area contributed by atoms with Gasteiger partial charge in [-0.1, -0.05) is 0 Å². The van der Waals surface area contributed by atoms with Crippen LogP contribution < -0.4 is 10.6 Å². The number of pyridine rings is 1. The van der Waals surface area contributed by atoms with E-state index >= 15 is 0 Å². The van der Waals surface area contributed by atoms with Gasteiger partial charge in [0.2, 0.25) is 0 Å². The lowest BCUT2D eigenvalue weighted by molar-refractivity contribution is 0.216. The van der Waals surface area contributed by atoms with Gasteiger partial charge in [-0.15, -0.1) is 0 Å². The van der Waals surface area contributed by atoms with Crippen molar-refractivity contribution >= 4 is 16.8 Å². The van der Waals surface area contributed by atoms with Crippen LogP contribution in [0, 0.1) is 5.92 Å². The molecule has 2 aromatic heterocycles. The molecule has 1 saturated heterocycles. The second kappa shape index (κ2) is 7.11. The fourth-order valence-corrected chi connectivity index (χ4v) is 4.13. The Morgan fingerprint density at radius 1 is 1.08 bits per heavy atom. The van der Waals surface area contributed by atoms with E-state index in [1.807, 2.05) is 18.3 Å². The van der Waals surface area contributed by atoms with Crippen molar-refractivity contribution in [1.29, 1.82) is 0 Å². The third-order valence-corrected chi connectivity index (χ3v) is 5.77. The van der Waals surface area contributed by atoms with Gasteiger partial charge in [0.25, 0.3) is 0 Å². The lowest BCUT2D eigenvalue weighted by atomic mass is 9.84. The first-order chi connectivity index (χ1) is 11.8. The van der Waals surface area contributed by atoms with Crippen LogP contribution in [0.2, 0.25) is 0 Å². The van der Waals surface area contributed by atoms with E-state index in [2.05, 4.69) is 14.8 Å². The summed E-state index contributed by atoms with van der Waals surface area (Å²) in [5.41, 5.74) is 6.93. The van der Waals surface area contributed by atoms with E-state index in [1.54, 1.807) is 6.26 Å². The minimum absolute atomic E-state index is 0.460. The van der Waals surface area contributed by atoms with Crippen molar-refractivity contribution < 1.29 is 4.42 Å². The molecule has 24 heavy (non-hydrogen) atoms. The Morgan fingerprint density at radius 2 is 1.88 bits per heavy atom. The monoisotopic (exact) mass is 328 g/mol. The van der Waals surface area contributed by atoms with Crippen LogP contribution in [0.1, 0.15) is 32.1 Å². The summed E-state index contributed by atoms with van der Waals surface area (Å²) < 4.78 is 5.64. The number of hydrogen-bond donors (Lipinski definition) is 1. The molecule has 0 amide bonds. The highest BCUT2D eigenvalue weighted by molar-refractivity contribution is 5.86. The highest BCUT2D eigenvalue weighted by Gasteiger charge is 2.23. The molecule has 0 radical (unpaired) electrons. The molecule has 1 saturated carbocycles. The zero-order valence-electron chi connectivity index (χ0n) is 14.4. The lowest BCUT2D eigenvalue weighted by Gasteiger charge is -2.36. The van der Waals surface area contributed by atoms with Gasteiger partial charge in [0.05, 0.1) is 6.26 Å². The molecule has 0 aromatic carbocycles. The Kier molecular flexibility index (Phi) is 4.72. The maximum atomic E-state index is 6.01. The van der Waals surface area contributed by atoms with Gasteiger partial charge in [0.1, 0.15) is 0 Å². The summed E-state index contributed by atoms with van der Waals surface area (Å²) >= 11 is 0. The summed E-state index contributed by atoms with van der Waals surface area (Å²) in [4.78, 5) is 9.52. The number of fused-ring (bicyclic) bond motifs is 1. The number of anilines is 1. The third kappa shape index (κ3) is 3.42. The maximum Gasteiger partial charge on any atom is 0.176 e. The molecule has 0 unspecified atom stereocenters. The summed E-state index contributed by atoms with van der Waals surface area (Å²) in [6, 6.07) is 4.48. The predicted molar refractivity (Wildman–Crippen MR) is 97.2 cm³/mol. The molecule has 2 fully saturated rings. The Bertz CT molecular complexity index is 654. The zero-order valence-corrected chi connectivity index (χ0v) is 14.4. The largest absolute Gasteiger partial charge is 0.460 e. The van der Waals surface area contributed by atoms with Gasteiger partial charge < -0.3 is 15.1 Å². The van der Waals surface area contributed by atoms with Gasteiger partial charge in [-0.25, -0.2) is 4.98 Å². The van der Waals surface area contributed by atoms with Crippen LogP contribution in [0.3, 0.4) is 0 Å². The number of piperazine rings is 1. The average molecular weight is 328 g/mol. The van der Waals surface area contributed by atoms with E-state index in [0.29, 0.717) is 6.04 Å². The molecule has 5 heteroatoms. The van der Waals surface area contributed by atoms with Crippen molar-refractivity contribution in [1.82, 2.24) is 9.88 Å². The quantitative estimate of drug-likeness (QED) is 0.935. The lowest BCUT2D eigenvalue weighted by Crippen LogP contribution is -2.47. The van der Waals surface area contributed by atoms with Crippen molar-refractivity contribution in [3.05, 3.63) is 24.6 Å². The van der Waals surface area contributed by atoms with Gasteiger partial charge >= 0.3 is 0 Å². The molecule has 2 aliphatic rings. The van der Waals surface area contributed by atoms with Crippen LogP contribution in [0.5, 0.6) is 0 Å². The fraction of sp³-hybridized carbons (Fsp3) is 0.632. The van der Waals surface area contributed by atoms with Gasteiger partial charge in [-0.05, 0) is 56.7 Å². The Balaban J connectivity index is 1.28. The number of aromatic nitrogens is 1. The van der Waals surface area contributed by atoms with Crippen molar-refractivity contribution in [3.63, 3.8) is 0 Å². The van der Waals surface area contributed by atoms with Crippen LogP contribution in [0.25, 0.3) is 11.0 Å². The number of hydrogen-bond acceptors (Lipinski definition) is 5. The van der Waals surface area contributed by atoms with E-state index < -0.39 is 0 Å². The van der Waals surface area contributed by atoms with Crippen molar-refractivity contribution in [2.45, 2.75) is 38.1 Å². The highest BCUT2D eigenvalue weighted by Crippen LogP contribution is 2.28. The zero-order chi connectivity index (χ0) is 16.4. The minimum atomic E-state index is 0.460. The predicted octanol–water partition coefficient (Wildman–Crippen LogP) is 2.86. The molecule has 4 rings (SSSR count). The van der Waals surface area contributed by atoms with Gasteiger partial charge in [-0.3, -0.25) is 4.90 Å². The fourth-order valence-electron chi connectivity index (χ4n) is 4.13. The SMILES string of the molecule is NC1CCC(CCN2CCN(c3nccc4ccoc34)CC2)CC1. The molecule has 0 atom stereocenters. The smallest absolute Gasteiger partial charge is 0.176 e. The Hall–Kier alpha value is -1.59. The maximum absolute atomic E-state index is 6.01. The van der Waals surface area contributed by atoms with E-state index in [0.717, 1.165) is 48.9 Å². The van der Waals surface area contributed by atoms with E-state index in [4.69, 9.17) is 10.2 Å². The molecule has 1 aliphatic heterocycles. The highest BCUT2D eigenvalue weighted by atomic mass is 16.3. The summed E-state index contributed by atoms with van der Waals surface area (Å²) in [5.74, 6) is 1.89. The number of furan rings is 1. The molecule has 2 N–H and O–H groups in total. The molecule has 130 valence electrons. The topological polar surface area (TPSA) is 58.5 Å². The third-order valence-electron chi connectivity index (χ3n) is 5.77. The van der Waals surface area contributed by atoms with E-state index in [9.17, 15) is 0 Å². The van der Waals surface area contributed by atoms with E-state index in [1.165, 1.54) is 38.6 Å². The van der Waals surface area contributed by atoms with Crippen LogP contribution in [0.15, 0.2) is 29.0 Å². The number of rotatable bonds is 4. The first-order valence-electron chi connectivity index (χ1n) is 9.34. The normalized spacial score (nSPS) is 26.1. The first kappa shape index (κ1) is 15.9. The molecule has 5 nitrogen and oxygen atoms in total. The number of nitrogens with zero attached hydrogens (tertiary/aromatic N) is 3. The Labute approximate surface area is 143 Å². The van der Waals surface area contributed by atoms with Gasteiger partial charge in [-0.2, -0.15) is 0 Å². The summed E-state index contributed by atoms with van der Waals surface area (Å²) in [6.45, 7) is 5.52. The second-order valence-corrected chi connectivity index (χ2v) is 7.37. The molecular formula is C19H28N4O. The van der Waals surface area contributed by atoms with Crippen LogP contribution in [-0.2, 0) is 0 Å². The van der Waals surface area contributed by atoms with Crippen molar-refractivity contribution in [2.24, 2.45) is 11.7 Å². The minimum Gasteiger partial charge on any atom is -0.460 e. The Morgan fingerprint density at radius 3 is 2.67 bits per heavy atom. The first-order valence-corrected chi connectivity index (χ1v) is 9.34. The van der Waals surface area contributed by atoms with Crippen LogP contribution in [-0.4, -0.2) is 48.6 Å². The summed E-state index contributed by atoms with van der Waals surface area (Å²) in [6.07, 6.45) is 10.1. The molecule has 1 aliphatic carbocycles. The average Bonchev–Trinajstić information content (AvgIpc) is 3.10. The van der Waals surface area contributed by atoms with Gasteiger partial charge in [0.15, 0.2) is 11.4 Å². The molecule has 0 spiro atoms.